The van der Waals surface area contributed by atoms with Crippen molar-refractivity contribution in [2.24, 2.45) is 0 Å². The van der Waals surface area contributed by atoms with Gasteiger partial charge in [0.05, 0.1) is 4.60 Å². The van der Waals surface area contributed by atoms with Gasteiger partial charge in [-0.3, -0.25) is 0 Å². The number of nitrogens with one attached hydrogen (secondary N) is 1. The van der Waals surface area contributed by atoms with E-state index in [0.717, 1.165) is 24.1 Å². The quantitative estimate of drug-likeness (QED) is 0.847. The minimum atomic E-state index is 1.10. The van der Waals surface area contributed by atoms with Crippen molar-refractivity contribution in [2.75, 3.05) is 19.6 Å². The predicted molar refractivity (Wildman–Crippen MR) is 82.1 cm³/mol. The van der Waals surface area contributed by atoms with Gasteiger partial charge in [0, 0.05) is 17.4 Å². The van der Waals surface area contributed by atoms with E-state index in [2.05, 4.69) is 63.9 Å². The fraction of sp³-hybridized carbons (Fsp3) is 0.467. The molecule has 0 amide bonds. The largest absolute Gasteiger partial charge is 0.349 e. The number of fused-ring (bicyclic) bond motifs is 1. The van der Waals surface area contributed by atoms with Gasteiger partial charge in [0.2, 0.25) is 0 Å². The molecule has 0 aliphatic carbocycles. The molecule has 2 rings (SSSR count). The molecule has 0 radical (unpaired) electrons. The highest BCUT2D eigenvalue weighted by molar-refractivity contribution is 9.10. The molecule has 0 spiro atoms. The first kappa shape index (κ1) is 13.6. The van der Waals surface area contributed by atoms with Crippen LogP contribution >= 0.6 is 15.9 Å². The second kappa shape index (κ2) is 6.39. The average molecular weight is 309 g/mol. The summed E-state index contributed by atoms with van der Waals surface area (Å²) in [6.45, 7) is 7.93. The highest BCUT2D eigenvalue weighted by Gasteiger charge is 2.10. The zero-order valence-corrected chi connectivity index (χ0v) is 12.8. The Hall–Kier alpha value is -0.800. The molecule has 0 saturated heterocycles. The van der Waals surface area contributed by atoms with Gasteiger partial charge in [-0.1, -0.05) is 32.0 Å². The summed E-state index contributed by atoms with van der Waals surface area (Å²) >= 11 is 3.65. The molecule has 0 aliphatic rings. The van der Waals surface area contributed by atoms with Crippen molar-refractivity contribution in [1.29, 1.82) is 0 Å². The molecule has 0 atom stereocenters. The van der Waals surface area contributed by atoms with Crippen LogP contribution in [-0.2, 0) is 6.42 Å². The normalized spacial score (nSPS) is 11.6. The summed E-state index contributed by atoms with van der Waals surface area (Å²) in [5, 5.41) is 1.34. The summed E-state index contributed by atoms with van der Waals surface area (Å²) in [6.07, 6.45) is 2.32. The SMILES string of the molecule is CCCN(CC)CCc1c(Br)[nH]c2ccccc12. The van der Waals surface area contributed by atoms with Crippen molar-refractivity contribution in [1.82, 2.24) is 9.88 Å². The van der Waals surface area contributed by atoms with E-state index in [0.29, 0.717) is 0 Å². The number of para-hydroxylation sites is 1. The zero-order chi connectivity index (χ0) is 13.0. The lowest BCUT2D eigenvalue weighted by molar-refractivity contribution is 0.292. The number of hydrogen-bond acceptors (Lipinski definition) is 1. The molecule has 98 valence electrons. The van der Waals surface area contributed by atoms with Crippen LogP contribution < -0.4 is 0 Å². The first-order valence-corrected chi connectivity index (χ1v) is 7.53. The molecule has 1 aromatic heterocycles. The number of hydrogen-bond donors (Lipinski definition) is 1. The number of likely N-dealkylation sites (N-methyl/N-ethyl adjacent to an activating group) is 1. The third kappa shape index (κ3) is 2.96. The Labute approximate surface area is 118 Å². The minimum absolute atomic E-state index is 1.10. The van der Waals surface area contributed by atoms with Gasteiger partial charge in [-0.25, -0.2) is 0 Å². The second-order valence-corrected chi connectivity index (χ2v) is 5.44. The summed E-state index contributed by atoms with van der Waals surface area (Å²) in [5.74, 6) is 0. The van der Waals surface area contributed by atoms with E-state index < -0.39 is 0 Å². The van der Waals surface area contributed by atoms with Crippen molar-refractivity contribution in [3.8, 4) is 0 Å². The minimum Gasteiger partial charge on any atom is -0.349 e. The van der Waals surface area contributed by atoms with Crippen LogP contribution in [-0.4, -0.2) is 29.5 Å². The summed E-state index contributed by atoms with van der Waals surface area (Å²) in [4.78, 5) is 5.91. The lowest BCUT2D eigenvalue weighted by Gasteiger charge is -2.19. The molecule has 18 heavy (non-hydrogen) atoms. The van der Waals surface area contributed by atoms with E-state index in [4.69, 9.17) is 0 Å². The van der Waals surface area contributed by atoms with Crippen LogP contribution in [0, 0.1) is 0 Å². The van der Waals surface area contributed by atoms with Crippen LogP contribution in [0.15, 0.2) is 28.9 Å². The van der Waals surface area contributed by atoms with Crippen molar-refractivity contribution < 1.29 is 0 Å². The molecule has 1 aromatic carbocycles. The van der Waals surface area contributed by atoms with E-state index in [-0.39, 0.29) is 0 Å². The fourth-order valence-electron chi connectivity index (χ4n) is 2.43. The fourth-order valence-corrected chi connectivity index (χ4v) is 3.05. The molecule has 0 bridgehead atoms. The molecule has 1 N–H and O–H groups in total. The Morgan fingerprint density at radius 1 is 1.17 bits per heavy atom. The highest BCUT2D eigenvalue weighted by atomic mass is 79.9. The van der Waals surface area contributed by atoms with Crippen LogP contribution in [0.4, 0.5) is 0 Å². The third-order valence-corrected chi connectivity index (χ3v) is 4.10. The molecule has 1 heterocycles. The Bertz CT molecular complexity index is 504. The van der Waals surface area contributed by atoms with Gasteiger partial charge in [-0.2, -0.15) is 0 Å². The molecule has 0 fully saturated rings. The Morgan fingerprint density at radius 2 is 1.94 bits per heavy atom. The Kier molecular flexibility index (Phi) is 4.84. The van der Waals surface area contributed by atoms with E-state index in [9.17, 15) is 0 Å². The maximum Gasteiger partial charge on any atom is 0.0863 e. The van der Waals surface area contributed by atoms with Crippen LogP contribution in [0.25, 0.3) is 10.9 Å². The number of halogens is 1. The maximum absolute atomic E-state index is 3.65. The topological polar surface area (TPSA) is 19.0 Å². The Balaban J connectivity index is 2.13. The number of H-pyrrole nitrogens is 1. The van der Waals surface area contributed by atoms with Gasteiger partial charge in [-0.15, -0.1) is 0 Å². The number of benzene rings is 1. The van der Waals surface area contributed by atoms with E-state index in [1.54, 1.807) is 0 Å². The van der Waals surface area contributed by atoms with E-state index in [1.165, 1.54) is 29.4 Å². The molecule has 2 nitrogen and oxygen atoms in total. The lowest BCUT2D eigenvalue weighted by Crippen LogP contribution is -2.26. The summed E-state index contributed by atoms with van der Waals surface area (Å²) < 4.78 is 1.14. The van der Waals surface area contributed by atoms with Crippen LogP contribution in [0.2, 0.25) is 0 Å². The number of aromatic amines is 1. The third-order valence-electron chi connectivity index (χ3n) is 3.43. The molecule has 3 heteroatoms. The average Bonchev–Trinajstić information content (AvgIpc) is 2.70. The first-order valence-electron chi connectivity index (χ1n) is 6.73. The van der Waals surface area contributed by atoms with Crippen molar-refractivity contribution >= 4 is 26.8 Å². The molecule has 0 aliphatic heterocycles. The second-order valence-electron chi connectivity index (χ2n) is 4.65. The number of rotatable bonds is 6. The van der Waals surface area contributed by atoms with Gasteiger partial charge in [0.15, 0.2) is 0 Å². The summed E-state index contributed by atoms with van der Waals surface area (Å²) in [7, 11) is 0. The Morgan fingerprint density at radius 3 is 2.67 bits per heavy atom. The van der Waals surface area contributed by atoms with Gasteiger partial charge in [0.25, 0.3) is 0 Å². The smallest absolute Gasteiger partial charge is 0.0863 e. The predicted octanol–water partition coefficient (Wildman–Crippen LogP) is 4.20. The van der Waals surface area contributed by atoms with Crippen LogP contribution in [0.3, 0.4) is 0 Å². The van der Waals surface area contributed by atoms with Crippen LogP contribution in [0.5, 0.6) is 0 Å². The zero-order valence-electron chi connectivity index (χ0n) is 11.2. The van der Waals surface area contributed by atoms with Crippen molar-refractivity contribution in [3.05, 3.63) is 34.4 Å². The van der Waals surface area contributed by atoms with Gasteiger partial charge >= 0.3 is 0 Å². The highest BCUT2D eigenvalue weighted by Crippen LogP contribution is 2.26. The molecule has 2 aromatic rings. The van der Waals surface area contributed by atoms with E-state index in [1.807, 2.05) is 0 Å². The summed E-state index contributed by atoms with van der Waals surface area (Å²) in [5.41, 5.74) is 2.62. The molecular weight excluding hydrogens is 288 g/mol. The maximum atomic E-state index is 3.65. The van der Waals surface area contributed by atoms with Gasteiger partial charge in [0.1, 0.15) is 0 Å². The monoisotopic (exact) mass is 308 g/mol. The number of nitrogens with zero attached hydrogens (tertiary/aromatic N) is 1. The summed E-state index contributed by atoms with van der Waals surface area (Å²) in [6, 6.07) is 8.51. The van der Waals surface area contributed by atoms with E-state index >= 15 is 0 Å². The molecule has 0 saturated carbocycles. The van der Waals surface area contributed by atoms with Gasteiger partial charge in [-0.05, 0) is 53.5 Å². The van der Waals surface area contributed by atoms with Crippen LogP contribution in [0.1, 0.15) is 25.8 Å². The van der Waals surface area contributed by atoms with Crippen molar-refractivity contribution in [3.63, 3.8) is 0 Å². The standard InChI is InChI=1S/C15H21BrN2/c1-3-10-18(4-2)11-9-13-12-7-5-6-8-14(12)17-15(13)16/h5-8,17H,3-4,9-11H2,1-2H3. The molecular formula is C15H21BrN2. The lowest BCUT2D eigenvalue weighted by atomic mass is 10.1. The molecule has 0 unspecified atom stereocenters. The first-order chi connectivity index (χ1) is 8.76. The van der Waals surface area contributed by atoms with Crippen molar-refractivity contribution in [2.45, 2.75) is 26.7 Å². The van der Waals surface area contributed by atoms with Gasteiger partial charge < -0.3 is 9.88 Å². The number of aromatic nitrogens is 1.